The highest BCUT2D eigenvalue weighted by Gasteiger charge is 1.95. The Labute approximate surface area is 66.6 Å². The van der Waals surface area contributed by atoms with E-state index in [2.05, 4.69) is 15.5 Å². The van der Waals surface area contributed by atoms with Gasteiger partial charge in [-0.15, -0.1) is 12.4 Å². The van der Waals surface area contributed by atoms with E-state index in [1.165, 1.54) is 5.56 Å². The maximum Gasteiger partial charge on any atom is 0.0535 e. The number of hydrogen-bond donors (Lipinski definition) is 2. The highest BCUT2D eigenvalue weighted by Crippen LogP contribution is 1.99. The summed E-state index contributed by atoms with van der Waals surface area (Å²) in [4.78, 5) is 0. The first-order valence-corrected chi connectivity index (χ1v) is 2.98. The third-order valence-corrected chi connectivity index (χ3v) is 1.30. The SMILES string of the molecule is CNCc1cn[nH]c1C.Cl. The van der Waals surface area contributed by atoms with E-state index in [1.54, 1.807) is 0 Å². The second-order valence-electron chi connectivity index (χ2n) is 2.05. The van der Waals surface area contributed by atoms with Crippen LogP contribution in [0.1, 0.15) is 11.3 Å². The van der Waals surface area contributed by atoms with Crippen LogP contribution in [0.25, 0.3) is 0 Å². The highest BCUT2D eigenvalue weighted by molar-refractivity contribution is 5.85. The van der Waals surface area contributed by atoms with Crippen LogP contribution in [0.3, 0.4) is 0 Å². The van der Waals surface area contributed by atoms with Crippen molar-refractivity contribution in [3.63, 3.8) is 0 Å². The normalized spacial score (nSPS) is 9.00. The van der Waals surface area contributed by atoms with Crippen molar-refractivity contribution >= 4 is 12.4 Å². The maximum atomic E-state index is 3.88. The van der Waals surface area contributed by atoms with E-state index in [4.69, 9.17) is 0 Å². The molecule has 0 bridgehead atoms. The summed E-state index contributed by atoms with van der Waals surface area (Å²) in [5.41, 5.74) is 2.38. The minimum atomic E-state index is 0. The molecule has 10 heavy (non-hydrogen) atoms. The molecule has 0 aliphatic carbocycles. The molecule has 0 fully saturated rings. The molecule has 58 valence electrons. The van der Waals surface area contributed by atoms with E-state index in [9.17, 15) is 0 Å². The Kier molecular flexibility index (Phi) is 4.07. The van der Waals surface area contributed by atoms with Crippen molar-refractivity contribution in [3.8, 4) is 0 Å². The number of nitrogens with zero attached hydrogens (tertiary/aromatic N) is 1. The van der Waals surface area contributed by atoms with Gasteiger partial charge < -0.3 is 5.32 Å². The zero-order valence-electron chi connectivity index (χ0n) is 6.14. The molecule has 0 aromatic carbocycles. The predicted molar refractivity (Wildman–Crippen MR) is 43.3 cm³/mol. The quantitative estimate of drug-likeness (QED) is 0.676. The van der Waals surface area contributed by atoms with E-state index in [0.29, 0.717) is 0 Å². The Balaban J connectivity index is 0.000000810. The van der Waals surface area contributed by atoms with Crippen LogP contribution in [0, 0.1) is 6.92 Å². The summed E-state index contributed by atoms with van der Waals surface area (Å²) in [7, 11) is 1.92. The van der Waals surface area contributed by atoms with Gasteiger partial charge in [-0.2, -0.15) is 5.10 Å². The molecule has 0 amide bonds. The third-order valence-electron chi connectivity index (χ3n) is 1.30. The zero-order valence-corrected chi connectivity index (χ0v) is 6.96. The Hall–Kier alpha value is -0.540. The number of aryl methyl sites for hydroxylation is 1. The van der Waals surface area contributed by atoms with Gasteiger partial charge in [0, 0.05) is 17.8 Å². The van der Waals surface area contributed by atoms with Gasteiger partial charge in [-0.05, 0) is 14.0 Å². The molecule has 1 rings (SSSR count). The number of rotatable bonds is 2. The lowest BCUT2D eigenvalue weighted by Gasteiger charge is -1.93. The average molecular weight is 162 g/mol. The molecule has 1 heterocycles. The van der Waals surface area contributed by atoms with Crippen LogP contribution in [0.5, 0.6) is 0 Å². The van der Waals surface area contributed by atoms with E-state index in [-0.39, 0.29) is 12.4 Å². The fourth-order valence-corrected chi connectivity index (χ4v) is 0.744. The van der Waals surface area contributed by atoms with Gasteiger partial charge in [-0.25, -0.2) is 0 Å². The van der Waals surface area contributed by atoms with Crippen LogP contribution in [0.15, 0.2) is 6.20 Å². The Morgan fingerprint density at radius 3 is 2.80 bits per heavy atom. The first kappa shape index (κ1) is 9.46. The molecule has 0 aliphatic rings. The van der Waals surface area contributed by atoms with E-state index in [1.807, 2.05) is 20.2 Å². The summed E-state index contributed by atoms with van der Waals surface area (Å²) >= 11 is 0. The summed E-state index contributed by atoms with van der Waals surface area (Å²) in [5.74, 6) is 0. The van der Waals surface area contributed by atoms with Crippen molar-refractivity contribution in [2.75, 3.05) is 7.05 Å². The van der Waals surface area contributed by atoms with Crippen LogP contribution >= 0.6 is 12.4 Å². The van der Waals surface area contributed by atoms with Gasteiger partial charge in [0.05, 0.1) is 6.20 Å². The molecule has 2 N–H and O–H groups in total. The Morgan fingerprint density at radius 1 is 1.70 bits per heavy atom. The second kappa shape index (κ2) is 4.30. The molecular weight excluding hydrogens is 150 g/mol. The number of halogens is 1. The fraction of sp³-hybridized carbons (Fsp3) is 0.500. The standard InChI is InChI=1S/C6H11N3.ClH/c1-5-6(3-7-2)4-8-9-5;/h4,7H,3H2,1-2H3,(H,8,9);1H. The van der Waals surface area contributed by atoms with E-state index in [0.717, 1.165) is 12.2 Å². The first-order chi connectivity index (χ1) is 4.34. The molecule has 0 atom stereocenters. The largest absolute Gasteiger partial charge is 0.316 e. The van der Waals surface area contributed by atoms with Crippen LogP contribution in [-0.4, -0.2) is 17.2 Å². The Bertz CT molecular complexity index is 185. The smallest absolute Gasteiger partial charge is 0.0535 e. The third kappa shape index (κ3) is 2.01. The minimum Gasteiger partial charge on any atom is -0.316 e. The van der Waals surface area contributed by atoms with Gasteiger partial charge in [0.1, 0.15) is 0 Å². The number of aromatic amines is 1. The van der Waals surface area contributed by atoms with Gasteiger partial charge >= 0.3 is 0 Å². The minimum absolute atomic E-state index is 0. The number of nitrogens with one attached hydrogen (secondary N) is 2. The molecule has 0 unspecified atom stereocenters. The summed E-state index contributed by atoms with van der Waals surface area (Å²) in [5, 5.41) is 9.79. The summed E-state index contributed by atoms with van der Waals surface area (Å²) in [6.45, 7) is 2.90. The second-order valence-corrected chi connectivity index (χ2v) is 2.05. The van der Waals surface area contributed by atoms with Crippen molar-refractivity contribution in [2.45, 2.75) is 13.5 Å². The van der Waals surface area contributed by atoms with Crippen LogP contribution in [0.2, 0.25) is 0 Å². The van der Waals surface area contributed by atoms with Crippen molar-refractivity contribution in [1.29, 1.82) is 0 Å². The van der Waals surface area contributed by atoms with Gasteiger partial charge in [0.2, 0.25) is 0 Å². The molecule has 0 saturated carbocycles. The Morgan fingerprint density at radius 2 is 2.40 bits per heavy atom. The van der Waals surface area contributed by atoms with Gasteiger partial charge in [0.15, 0.2) is 0 Å². The summed E-state index contributed by atoms with van der Waals surface area (Å²) in [6.07, 6.45) is 1.84. The van der Waals surface area contributed by atoms with Crippen molar-refractivity contribution < 1.29 is 0 Å². The molecule has 1 aromatic heterocycles. The summed E-state index contributed by atoms with van der Waals surface area (Å²) < 4.78 is 0. The number of aromatic nitrogens is 2. The van der Waals surface area contributed by atoms with Gasteiger partial charge in [0.25, 0.3) is 0 Å². The molecule has 1 aromatic rings. The van der Waals surface area contributed by atoms with Gasteiger partial charge in [-0.1, -0.05) is 0 Å². The molecule has 0 radical (unpaired) electrons. The number of H-pyrrole nitrogens is 1. The van der Waals surface area contributed by atoms with Gasteiger partial charge in [-0.3, -0.25) is 5.10 Å². The lowest BCUT2D eigenvalue weighted by molar-refractivity contribution is 0.812. The molecule has 0 aliphatic heterocycles. The summed E-state index contributed by atoms with van der Waals surface area (Å²) in [6, 6.07) is 0. The molecular formula is C6H12ClN3. The molecule has 0 spiro atoms. The predicted octanol–water partition coefficient (Wildman–Crippen LogP) is 0.859. The number of hydrogen-bond acceptors (Lipinski definition) is 2. The van der Waals surface area contributed by atoms with E-state index < -0.39 is 0 Å². The van der Waals surface area contributed by atoms with Crippen molar-refractivity contribution in [1.82, 2.24) is 15.5 Å². The highest BCUT2D eigenvalue weighted by atomic mass is 35.5. The lowest BCUT2D eigenvalue weighted by Crippen LogP contribution is -2.04. The first-order valence-electron chi connectivity index (χ1n) is 2.98. The van der Waals surface area contributed by atoms with E-state index >= 15 is 0 Å². The monoisotopic (exact) mass is 161 g/mol. The van der Waals surface area contributed by atoms with Crippen LogP contribution in [-0.2, 0) is 6.54 Å². The fourth-order valence-electron chi connectivity index (χ4n) is 0.744. The lowest BCUT2D eigenvalue weighted by atomic mass is 10.3. The topological polar surface area (TPSA) is 40.7 Å². The molecule has 3 nitrogen and oxygen atoms in total. The average Bonchev–Trinajstić information content (AvgIpc) is 2.18. The molecule has 4 heteroatoms. The van der Waals surface area contributed by atoms with Crippen molar-refractivity contribution in [3.05, 3.63) is 17.5 Å². The van der Waals surface area contributed by atoms with Crippen molar-refractivity contribution in [2.24, 2.45) is 0 Å². The molecule has 0 saturated heterocycles. The maximum absolute atomic E-state index is 3.88. The zero-order chi connectivity index (χ0) is 6.69. The van der Waals surface area contributed by atoms with Crippen LogP contribution in [0.4, 0.5) is 0 Å². The van der Waals surface area contributed by atoms with Crippen LogP contribution < -0.4 is 5.32 Å².